The van der Waals surface area contributed by atoms with Crippen LogP contribution >= 0.6 is 34.1 Å². The predicted octanol–water partition coefficient (Wildman–Crippen LogP) is 2.76. The molecule has 1 aromatic carbocycles. The average molecular weight is 347 g/mol. The first kappa shape index (κ1) is 11.6. The van der Waals surface area contributed by atoms with E-state index >= 15 is 0 Å². The van der Waals surface area contributed by atoms with Gasteiger partial charge in [-0.1, -0.05) is 16.6 Å². The summed E-state index contributed by atoms with van der Waals surface area (Å²) in [5.41, 5.74) is 0.840. The Morgan fingerprint density at radius 1 is 1.44 bits per heavy atom. The highest BCUT2D eigenvalue weighted by Gasteiger charge is 2.07. The first-order valence-electron chi connectivity index (χ1n) is 4.67. The topological polar surface area (TPSA) is 47.0 Å². The van der Waals surface area contributed by atoms with Crippen LogP contribution in [-0.4, -0.2) is 16.6 Å². The van der Waals surface area contributed by atoms with Crippen molar-refractivity contribution in [3.05, 3.63) is 33.5 Å². The van der Waals surface area contributed by atoms with Crippen LogP contribution in [0.15, 0.2) is 24.3 Å². The number of halogens is 1. The lowest BCUT2D eigenvalue weighted by molar-refractivity contribution is 0.299. The second-order valence-corrected chi connectivity index (χ2v) is 4.93. The molecule has 0 unspecified atom stereocenters. The molecule has 4 nitrogen and oxygen atoms in total. The van der Waals surface area contributed by atoms with Crippen LogP contribution in [-0.2, 0) is 6.61 Å². The Bertz CT molecular complexity index is 475. The number of nitrogens with one attached hydrogen (secondary N) is 1. The van der Waals surface area contributed by atoms with Crippen molar-refractivity contribution in [1.29, 1.82) is 0 Å². The molecule has 0 saturated heterocycles. The van der Waals surface area contributed by atoms with Crippen molar-refractivity contribution < 1.29 is 4.74 Å². The molecule has 0 atom stereocenters. The standard InChI is InChI=1S/C10H10IN3OS/c1-12-10-8(13-14-16-10)6-15-9-5-3-2-4-7(9)11/h2-5,12H,6H2,1H3. The van der Waals surface area contributed by atoms with Gasteiger partial charge in [0.1, 0.15) is 23.1 Å². The van der Waals surface area contributed by atoms with Gasteiger partial charge in [-0.25, -0.2) is 0 Å². The van der Waals surface area contributed by atoms with Crippen molar-refractivity contribution in [3.8, 4) is 5.75 Å². The summed E-state index contributed by atoms with van der Waals surface area (Å²) in [6.07, 6.45) is 0. The number of anilines is 1. The molecule has 1 aromatic heterocycles. The predicted molar refractivity (Wildman–Crippen MR) is 72.9 cm³/mol. The van der Waals surface area contributed by atoms with E-state index in [4.69, 9.17) is 4.74 Å². The fraction of sp³-hybridized carbons (Fsp3) is 0.200. The van der Waals surface area contributed by atoms with E-state index in [9.17, 15) is 0 Å². The normalized spacial score (nSPS) is 10.1. The fourth-order valence-corrected chi connectivity index (χ4v) is 2.26. The minimum atomic E-state index is 0.437. The van der Waals surface area contributed by atoms with E-state index in [2.05, 4.69) is 37.5 Å². The number of ether oxygens (including phenoxy) is 1. The van der Waals surface area contributed by atoms with E-state index in [0.717, 1.165) is 20.0 Å². The number of hydrogen-bond donors (Lipinski definition) is 1. The number of para-hydroxylation sites is 1. The van der Waals surface area contributed by atoms with Crippen molar-refractivity contribution in [2.24, 2.45) is 0 Å². The van der Waals surface area contributed by atoms with Gasteiger partial charge in [0.2, 0.25) is 0 Å². The molecule has 2 aromatic rings. The molecular formula is C10H10IN3OS. The summed E-state index contributed by atoms with van der Waals surface area (Å²) in [6.45, 7) is 0.437. The largest absolute Gasteiger partial charge is 0.486 e. The molecule has 0 radical (unpaired) electrons. The Kier molecular flexibility index (Phi) is 3.94. The third kappa shape index (κ3) is 2.62. The Morgan fingerprint density at radius 2 is 2.25 bits per heavy atom. The lowest BCUT2D eigenvalue weighted by Crippen LogP contribution is -2.00. The molecule has 6 heteroatoms. The van der Waals surface area contributed by atoms with Gasteiger partial charge in [0.15, 0.2) is 0 Å². The number of hydrogen-bond acceptors (Lipinski definition) is 5. The van der Waals surface area contributed by atoms with Crippen LogP contribution in [0.5, 0.6) is 5.75 Å². The smallest absolute Gasteiger partial charge is 0.136 e. The quantitative estimate of drug-likeness (QED) is 0.864. The minimum absolute atomic E-state index is 0.437. The summed E-state index contributed by atoms with van der Waals surface area (Å²) >= 11 is 3.58. The summed E-state index contributed by atoms with van der Waals surface area (Å²) in [4.78, 5) is 0. The number of benzene rings is 1. The summed E-state index contributed by atoms with van der Waals surface area (Å²) in [5, 5.41) is 8.00. The van der Waals surface area contributed by atoms with Crippen molar-refractivity contribution in [2.75, 3.05) is 12.4 Å². The monoisotopic (exact) mass is 347 g/mol. The Labute approximate surface area is 111 Å². The van der Waals surface area contributed by atoms with Gasteiger partial charge in [-0.05, 0) is 34.7 Å². The molecule has 0 saturated carbocycles. The van der Waals surface area contributed by atoms with Gasteiger partial charge in [0.25, 0.3) is 0 Å². The number of aromatic nitrogens is 2. The highest BCUT2D eigenvalue weighted by molar-refractivity contribution is 14.1. The maximum Gasteiger partial charge on any atom is 0.136 e. The molecule has 1 heterocycles. The van der Waals surface area contributed by atoms with E-state index in [0.29, 0.717) is 6.61 Å². The van der Waals surface area contributed by atoms with Crippen molar-refractivity contribution in [2.45, 2.75) is 6.61 Å². The molecule has 0 bridgehead atoms. The molecule has 16 heavy (non-hydrogen) atoms. The molecule has 1 N–H and O–H groups in total. The summed E-state index contributed by atoms with van der Waals surface area (Å²) in [5.74, 6) is 0.873. The molecule has 0 aliphatic carbocycles. The van der Waals surface area contributed by atoms with Crippen LogP contribution < -0.4 is 10.1 Å². The molecule has 0 aliphatic rings. The van der Waals surface area contributed by atoms with E-state index in [-0.39, 0.29) is 0 Å². The van der Waals surface area contributed by atoms with Crippen LogP contribution in [0.25, 0.3) is 0 Å². The second-order valence-electron chi connectivity index (χ2n) is 3.02. The van der Waals surface area contributed by atoms with Crippen LogP contribution in [0.4, 0.5) is 5.00 Å². The van der Waals surface area contributed by atoms with Gasteiger partial charge in [0, 0.05) is 18.6 Å². The van der Waals surface area contributed by atoms with Crippen molar-refractivity contribution in [3.63, 3.8) is 0 Å². The SMILES string of the molecule is CNc1snnc1COc1ccccc1I. The third-order valence-corrected chi connectivity index (χ3v) is 3.66. The highest BCUT2D eigenvalue weighted by atomic mass is 127. The van der Waals surface area contributed by atoms with Gasteiger partial charge in [-0.15, -0.1) is 5.10 Å². The first-order valence-corrected chi connectivity index (χ1v) is 6.53. The number of nitrogens with zero attached hydrogens (tertiary/aromatic N) is 2. The van der Waals surface area contributed by atoms with Crippen molar-refractivity contribution in [1.82, 2.24) is 9.59 Å². The van der Waals surface area contributed by atoms with E-state index in [1.807, 2.05) is 31.3 Å². The third-order valence-electron chi connectivity index (χ3n) is 1.98. The van der Waals surface area contributed by atoms with Crippen LogP contribution in [0, 0.1) is 3.57 Å². The van der Waals surface area contributed by atoms with E-state index in [1.54, 1.807) is 0 Å². The zero-order valence-corrected chi connectivity index (χ0v) is 11.6. The summed E-state index contributed by atoms with van der Waals surface area (Å²) < 4.78 is 10.6. The summed E-state index contributed by atoms with van der Waals surface area (Å²) in [7, 11) is 1.85. The maximum atomic E-state index is 5.68. The van der Waals surface area contributed by atoms with Gasteiger partial charge in [0.05, 0.1) is 3.57 Å². The second kappa shape index (κ2) is 5.44. The molecular weight excluding hydrogens is 337 g/mol. The average Bonchev–Trinajstić information content (AvgIpc) is 2.75. The van der Waals surface area contributed by atoms with Gasteiger partial charge in [-0.2, -0.15) is 0 Å². The molecule has 0 spiro atoms. The molecule has 2 rings (SSSR count). The highest BCUT2D eigenvalue weighted by Crippen LogP contribution is 2.23. The Morgan fingerprint density at radius 3 is 3.00 bits per heavy atom. The molecule has 84 valence electrons. The van der Waals surface area contributed by atoms with Gasteiger partial charge in [-0.3, -0.25) is 0 Å². The Balaban J connectivity index is 2.05. The van der Waals surface area contributed by atoms with Gasteiger partial charge >= 0.3 is 0 Å². The number of rotatable bonds is 4. The van der Waals surface area contributed by atoms with Crippen LogP contribution in [0.2, 0.25) is 0 Å². The fourth-order valence-electron chi connectivity index (χ4n) is 1.20. The molecule has 0 fully saturated rings. The zero-order chi connectivity index (χ0) is 11.4. The first-order chi connectivity index (χ1) is 7.81. The molecule has 0 aliphatic heterocycles. The lowest BCUT2D eigenvalue weighted by atomic mass is 10.3. The van der Waals surface area contributed by atoms with E-state index in [1.165, 1.54) is 11.5 Å². The van der Waals surface area contributed by atoms with Crippen LogP contribution in [0.3, 0.4) is 0 Å². The lowest BCUT2D eigenvalue weighted by Gasteiger charge is -2.06. The summed E-state index contributed by atoms with van der Waals surface area (Å²) in [6, 6.07) is 7.89. The van der Waals surface area contributed by atoms with Gasteiger partial charge < -0.3 is 10.1 Å². The minimum Gasteiger partial charge on any atom is -0.486 e. The maximum absolute atomic E-state index is 5.68. The van der Waals surface area contributed by atoms with Crippen molar-refractivity contribution >= 4 is 39.1 Å². The zero-order valence-electron chi connectivity index (χ0n) is 8.61. The Hall–Kier alpha value is -0.890. The van der Waals surface area contributed by atoms with Crippen LogP contribution in [0.1, 0.15) is 5.69 Å². The molecule has 0 amide bonds. The van der Waals surface area contributed by atoms with E-state index < -0.39 is 0 Å².